The highest BCUT2D eigenvalue weighted by Gasteiger charge is 2.34. The number of carbonyl (C=O) groups excluding carboxylic acids is 1. The monoisotopic (exact) mass is 416 g/mol. The number of fused-ring (bicyclic) bond motifs is 2. The molecule has 2 N–H and O–H groups in total. The second kappa shape index (κ2) is 8.19. The number of anilines is 2. The minimum atomic E-state index is -0.124. The summed E-state index contributed by atoms with van der Waals surface area (Å²) in [5.74, 6) is 0.612. The number of amides is 1. The van der Waals surface area contributed by atoms with E-state index in [4.69, 9.17) is 4.84 Å². The lowest BCUT2D eigenvalue weighted by molar-refractivity contribution is -0.110. The molecule has 3 aliphatic heterocycles. The van der Waals surface area contributed by atoms with Crippen LogP contribution >= 0.6 is 0 Å². The maximum Gasteiger partial charge on any atom is 0.258 e. The molecular formula is C25H28N4O2. The molecule has 2 aromatic carbocycles. The van der Waals surface area contributed by atoms with Gasteiger partial charge in [-0.05, 0) is 30.9 Å². The summed E-state index contributed by atoms with van der Waals surface area (Å²) < 4.78 is 0. The molecule has 2 atom stereocenters. The van der Waals surface area contributed by atoms with Crippen molar-refractivity contribution in [3.63, 3.8) is 0 Å². The summed E-state index contributed by atoms with van der Waals surface area (Å²) in [5, 5.41) is 10.9. The van der Waals surface area contributed by atoms with Gasteiger partial charge in [0.2, 0.25) is 0 Å². The quantitative estimate of drug-likeness (QED) is 0.433. The summed E-state index contributed by atoms with van der Waals surface area (Å²) in [7, 11) is 0. The van der Waals surface area contributed by atoms with Gasteiger partial charge in [-0.1, -0.05) is 55.4 Å². The van der Waals surface area contributed by atoms with Gasteiger partial charge in [0.15, 0.2) is 0 Å². The van der Waals surface area contributed by atoms with Crippen LogP contribution in [0.4, 0.5) is 11.4 Å². The number of allylic oxidation sites excluding steroid dienone is 1. The zero-order valence-electron chi connectivity index (χ0n) is 18.0. The van der Waals surface area contributed by atoms with Crippen LogP contribution in [0.15, 0.2) is 59.4 Å². The van der Waals surface area contributed by atoms with Gasteiger partial charge in [0.05, 0.1) is 11.3 Å². The topological polar surface area (TPSA) is 66.0 Å². The lowest BCUT2D eigenvalue weighted by Gasteiger charge is -2.22. The molecule has 0 aliphatic carbocycles. The van der Waals surface area contributed by atoms with Crippen LogP contribution in [0.2, 0.25) is 0 Å². The number of carbonyl (C=O) groups is 1. The van der Waals surface area contributed by atoms with Crippen LogP contribution < -0.4 is 10.6 Å². The van der Waals surface area contributed by atoms with Gasteiger partial charge < -0.3 is 15.5 Å². The van der Waals surface area contributed by atoms with Gasteiger partial charge in [-0.15, -0.1) is 0 Å². The van der Waals surface area contributed by atoms with Crippen LogP contribution in [0.25, 0.3) is 5.57 Å². The fourth-order valence-electron chi connectivity index (χ4n) is 4.97. The molecule has 3 aliphatic rings. The van der Waals surface area contributed by atoms with Crippen LogP contribution in [0.5, 0.6) is 0 Å². The Labute approximate surface area is 183 Å². The van der Waals surface area contributed by atoms with Crippen molar-refractivity contribution in [3.05, 3.63) is 65.4 Å². The molecule has 0 spiro atoms. The average molecular weight is 417 g/mol. The van der Waals surface area contributed by atoms with Crippen LogP contribution in [0.1, 0.15) is 37.8 Å². The number of nitrogens with one attached hydrogen (secondary N) is 2. The maximum absolute atomic E-state index is 12.8. The summed E-state index contributed by atoms with van der Waals surface area (Å²) in [6.07, 6.45) is 2.42. The first-order chi connectivity index (χ1) is 15.2. The summed E-state index contributed by atoms with van der Waals surface area (Å²) in [4.78, 5) is 21.1. The minimum absolute atomic E-state index is 0.124. The van der Waals surface area contributed by atoms with E-state index in [-0.39, 0.29) is 5.91 Å². The van der Waals surface area contributed by atoms with E-state index in [0.29, 0.717) is 29.6 Å². The van der Waals surface area contributed by atoms with Crippen LogP contribution in [0, 0.1) is 5.92 Å². The SMILES string of the molecule is CC[C@H]1C[C@@H](C)CN1CCO/N=C1/C(=C2/C(=O)Nc3ccccc32)Nc2ccccc21. The van der Waals surface area contributed by atoms with E-state index in [0.717, 1.165) is 41.5 Å². The van der Waals surface area contributed by atoms with Gasteiger partial charge in [0.25, 0.3) is 5.91 Å². The molecular weight excluding hydrogens is 388 g/mol. The second-order valence-corrected chi connectivity index (χ2v) is 8.59. The summed E-state index contributed by atoms with van der Waals surface area (Å²) in [6.45, 7) is 7.08. The molecule has 0 saturated carbocycles. The van der Waals surface area contributed by atoms with Crippen molar-refractivity contribution < 1.29 is 9.63 Å². The van der Waals surface area contributed by atoms with Gasteiger partial charge in [-0.3, -0.25) is 9.69 Å². The zero-order chi connectivity index (χ0) is 21.4. The first-order valence-electron chi connectivity index (χ1n) is 11.1. The van der Waals surface area contributed by atoms with E-state index in [1.54, 1.807) is 0 Å². The van der Waals surface area contributed by atoms with Gasteiger partial charge >= 0.3 is 0 Å². The Bertz CT molecular complexity index is 1070. The molecule has 6 nitrogen and oxygen atoms in total. The number of hydrogen-bond donors (Lipinski definition) is 2. The first kappa shape index (κ1) is 19.8. The highest BCUT2D eigenvalue weighted by molar-refractivity contribution is 6.39. The number of para-hydroxylation sites is 2. The number of likely N-dealkylation sites (tertiary alicyclic amines) is 1. The molecule has 1 fully saturated rings. The molecule has 3 heterocycles. The van der Waals surface area contributed by atoms with Gasteiger partial charge in [0, 0.05) is 41.6 Å². The molecule has 6 heteroatoms. The van der Waals surface area contributed by atoms with Gasteiger partial charge in [0.1, 0.15) is 12.3 Å². The fraction of sp³-hybridized carbons (Fsp3) is 0.360. The molecule has 5 rings (SSSR count). The third-order valence-corrected chi connectivity index (χ3v) is 6.43. The molecule has 2 aromatic rings. The normalized spacial score (nSPS) is 26.0. The summed E-state index contributed by atoms with van der Waals surface area (Å²) >= 11 is 0. The first-order valence-corrected chi connectivity index (χ1v) is 11.1. The van der Waals surface area contributed by atoms with Crippen molar-refractivity contribution >= 4 is 28.6 Å². The minimum Gasteiger partial charge on any atom is -0.394 e. The third kappa shape index (κ3) is 3.61. The highest BCUT2D eigenvalue weighted by atomic mass is 16.6. The van der Waals surface area contributed by atoms with E-state index < -0.39 is 0 Å². The van der Waals surface area contributed by atoms with Crippen LogP contribution in [-0.4, -0.2) is 42.3 Å². The Morgan fingerprint density at radius 1 is 1.06 bits per heavy atom. The number of hydrogen-bond acceptors (Lipinski definition) is 5. The zero-order valence-corrected chi connectivity index (χ0v) is 18.0. The van der Waals surface area contributed by atoms with Crippen molar-refractivity contribution in [2.75, 3.05) is 30.3 Å². The van der Waals surface area contributed by atoms with E-state index in [1.165, 1.54) is 12.8 Å². The smallest absolute Gasteiger partial charge is 0.258 e. The standard InChI is InChI=1S/C25H28N4O2/c1-3-17-14-16(2)15-29(17)12-13-31-28-23-19-9-5-7-11-21(19)26-24(23)22-18-8-4-6-10-20(18)27-25(22)30/h4-11,16-17,26H,3,12-15H2,1-2H3,(H,27,30)/b24-22-,28-23+/t16-,17+/m1/s1. The predicted octanol–water partition coefficient (Wildman–Crippen LogP) is 4.32. The summed E-state index contributed by atoms with van der Waals surface area (Å²) in [6, 6.07) is 16.3. The largest absolute Gasteiger partial charge is 0.394 e. The molecule has 1 saturated heterocycles. The Kier molecular flexibility index (Phi) is 5.24. The lowest BCUT2D eigenvalue weighted by Crippen LogP contribution is -2.32. The Morgan fingerprint density at radius 2 is 1.77 bits per heavy atom. The second-order valence-electron chi connectivity index (χ2n) is 8.59. The van der Waals surface area contributed by atoms with Gasteiger partial charge in [-0.25, -0.2) is 0 Å². The highest BCUT2D eigenvalue weighted by Crippen LogP contribution is 2.38. The predicted molar refractivity (Wildman–Crippen MR) is 124 cm³/mol. The number of benzene rings is 2. The van der Waals surface area contributed by atoms with E-state index in [1.807, 2.05) is 48.5 Å². The Balaban J connectivity index is 1.42. The van der Waals surface area contributed by atoms with Crippen LogP contribution in [-0.2, 0) is 9.63 Å². The average Bonchev–Trinajstić information content (AvgIpc) is 3.42. The Morgan fingerprint density at radius 3 is 2.55 bits per heavy atom. The van der Waals surface area contributed by atoms with E-state index >= 15 is 0 Å². The van der Waals surface area contributed by atoms with Crippen molar-refractivity contribution in [2.24, 2.45) is 11.1 Å². The number of oxime groups is 1. The molecule has 0 radical (unpaired) electrons. The molecule has 0 bridgehead atoms. The number of nitrogens with zero attached hydrogens (tertiary/aromatic N) is 2. The van der Waals surface area contributed by atoms with Crippen LogP contribution in [0.3, 0.4) is 0 Å². The van der Waals surface area contributed by atoms with Crippen molar-refractivity contribution in [1.82, 2.24) is 4.90 Å². The van der Waals surface area contributed by atoms with Crippen molar-refractivity contribution in [1.29, 1.82) is 0 Å². The van der Waals surface area contributed by atoms with E-state index in [2.05, 4.69) is 34.5 Å². The maximum atomic E-state index is 12.8. The number of rotatable bonds is 5. The molecule has 31 heavy (non-hydrogen) atoms. The summed E-state index contributed by atoms with van der Waals surface area (Å²) in [5.41, 5.74) is 5.57. The van der Waals surface area contributed by atoms with Gasteiger partial charge in [-0.2, -0.15) is 0 Å². The fourth-order valence-corrected chi connectivity index (χ4v) is 4.97. The molecule has 0 aromatic heterocycles. The van der Waals surface area contributed by atoms with Crippen molar-refractivity contribution in [3.8, 4) is 0 Å². The van der Waals surface area contributed by atoms with Crippen molar-refractivity contribution in [2.45, 2.75) is 32.7 Å². The molecule has 1 amide bonds. The Hall–Kier alpha value is -3.12. The molecule has 160 valence electrons. The lowest BCUT2D eigenvalue weighted by atomic mass is 10.0. The molecule has 0 unspecified atom stereocenters. The third-order valence-electron chi connectivity index (χ3n) is 6.43. The van der Waals surface area contributed by atoms with E-state index in [9.17, 15) is 4.79 Å².